The van der Waals surface area contributed by atoms with E-state index in [1.807, 2.05) is 0 Å². The summed E-state index contributed by atoms with van der Waals surface area (Å²) in [6, 6.07) is 3.30. The molecule has 2 aromatic rings. The van der Waals surface area contributed by atoms with E-state index in [0.717, 1.165) is 0 Å². The van der Waals surface area contributed by atoms with Crippen molar-refractivity contribution >= 4 is 11.7 Å². The van der Waals surface area contributed by atoms with Crippen LogP contribution in [0, 0.1) is 0 Å². The average Bonchev–Trinajstić information content (AvgIpc) is 2.70. The molecular weight excluding hydrogens is 220 g/mol. The maximum absolute atomic E-state index is 11.5. The van der Waals surface area contributed by atoms with Gasteiger partial charge in [-0.25, -0.2) is 14.8 Å². The Bertz CT molecular complexity index is 522. The first kappa shape index (κ1) is 11.1. The van der Waals surface area contributed by atoms with Crippen molar-refractivity contribution in [1.29, 1.82) is 0 Å². The highest BCUT2D eigenvalue weighted by Gasteiger charge is 2.13. The van der Waals surface area contributed by atoms with Crippen molar-refractivity contribution in [2.24, 2.45) is 0 Å². The van der Waals surface area contributed by atoms with Crippen molar-refractivity contribution < 1.29 is 9.53 Å². The van der Waals surface area contributed by atoms with Gasteiger partial charge < -0.3 is 15.0 Å². The van der Waals surface area contributed by atoms with Crippen LogP contribution < -0.4 is 5.73 Å². The molecule has 0 aliphatic rings. The van der Waals surface area contributed by atoms with E-state index in [1.165, 1.54) is 7.11 Å². The average molecular weight is 232 g/mol. The van der Waals surface area contributed by atoms with Gasteiger partial charge in [0.2, 0.25) is 0 Å². The van der Waals surface area contributed by atoms with Crippen molar-refractivity contribution in [2.75, 3.05) is 12.8 Å². The number of nitrogens with two attached hydrogens (primary N) is 1. The monoisotopic (exact) mass is 232 g/mol. The van der Waals surface area contributed by atoms with Gasteiger partial charge in [-0.3, -0.25) is 0 Å². The van der Waals surface area contributed by atoms with Gasteiger partial charge in [0.1, 0.15) is 11.5 Å². The van der Waals surface area contributed by atoms with Crippen LogP contribution in [0.3, 0.4) is 0 Å². The van der Waals surface area contributed by atoms with E-state index in [1.54, 1.807) is 35.3 Å². The number of carbonyl (C=O) groups is 1. The van der Waals surface area contributed by atoms with Gasteiger partial charge in [0.05, 0.1) is 19.3 Å². The van der Waals surface area contributed by atoms with Gasteiger partial charge in [0.25, 0.3) is 0 Å². The first-order valence-electron chi connectivity index (χ1n) is 5.00. The molecule has 0 aromatic carbocycles. The van der Waals surface area contributed by atoms with Crippen LogP contribution in [0.1, 0.15) is 16.3 Å². The number of hydrogen-bond acceptors (Lipinski definition) is 5. The van der Waals surface area contributed by atoms with Gasteiger partial charge >= 0.3 is 5.97 Å². The summed E-state index contributed by atoms with van der Waals surface area (Å²) in [5.41, 5.74) is 6.54. The smallest absolute Gasteiger partial charge is 0.354 e. The molecule has 0 bridgehead atoms. The summed E-state index contributed by atoms with van der Waals surface area (Å²) in [6.07, 6.45) is 4.95. The lowest BCUT2D eigenvalue weighted by atomic mass is 10.4. The number of ether oxygens (including phenoxy) is 1. The summed E-state index contributed by atoms with van der Waals surface area (Å²) in [5, 5.41) is 0. The molecule has 0 radical (unpaired) electrons. The Hall–Kier alpha value is -2.37. The second-order valence-corrected chi connectivity index (χ2v) is 3.44. The van der Waals surface area contributed by atoms with Crippen LogP contribution in [0.25, 0.3) is 0 Å². The van der Waals surface area contributed by atoms with E-state index in [9.17, 15) is 4.79 Å². The summed E-state index contributed by atoms with van der Waals surface area (Å²) in [4.78, 5) is 19.7. The summed E-state index contributed by atoms with van der Waals surface area (Å²) in [5.74, 6) is 0.172. The molecule has 2 N–H and O–H groups in total. The van der Waals surface area contributed by atoms with Gasteiger partial charge in [0.15, 0.2) is 0 Å². The zero-order valence-corrected chi connectivity index (χ0v) is 9.33. The molecule has 6 nitrogen and oxygen atoms in total. The fourth-order valence-corrected chi connectivity index (χ4v) is 1.50. The normalized spacial score (nSPS) is 10.2. The molecule has 0 saturated heterocycles. The molecule has 0 spiro atoms. The number of nitrogen functional groups attached to an aromatic ring is 1. The lowest BCUT2D eigenvalue weighted by molar-refractivity contribution is 0.0589. The largest absolute Gasteiger partial charge is 0.464 e. The fraction of sp³-hybridized carbons (Fsp3) is 0.182. The topological polar surface area (TPSA) is 83.0 Å². The van der Waals surface area contributed by atoms with Crippen LogP contribution in [0.4, 0.5) is 5.69 Å². The Morgan fingerprint density at radius 2 is 2.18 bits per heavy atom. The number of methoxy groups -OCH3 is 1. The number of nitrogens with zero attached hydrogens (tertiary/aromatic N) is 3. The van der Waals surface area contributed by atoms with Crippen molar-refractivity contribution in [3.8, 4) is 0 Å². The minimum atomic E-state index is -0.433. The third kappa shape index (κ3) is 2.41. The van der Waals surface area contributed by atoms with E-state index < -0.39 is 5.97 Å². The Kier molecular flexibility index (Phi) is 3.04. The number of hydrogen-bond donors (Lipinski definition) is 1. The first-order valence-corrected chi connectivity index (χ1v) is 5.00. The van der Waals surface area contributed by atoms with E-state index in [4.69, 9.17) is 5.73 Å². The molecule has 0 aliphatic heterocycles. The molecular formula is C11H12N4O2. The van der Waals surface area contributed by atoms with Crippen molar-refractivity contribution in [1.82, 2.24) is 14.5 Å². The van der Waals surface area contributed by atoms with Crippen molar-refractivity contribution in [2.45, 2.75) is 6.54 Å². The second kappa shape index (κ2) is 4.65. The van der Waals surface area contributed by atoms with Crippen molar-refractivity contribution in [3.05, 3.63) is 42.2 Å². The first-order chi connectivity index (χ1) is 8.20. The Labute approximate surface area is 98.1 Å². The van der Waals surface area contributed by atoms with Crippen molar-refractivity contribution in [3.63, 3.8) is 0 Å². The summed E-state index contributed by atoms with van der Waals surface area (Å²) >= 11 is 0. The molecule has 88 valence electrons. The predicted molar refractivity (Wildman–Crippen MR) is 61.3 cm³/mol. The van der Waals surface area contributed by atoms with Crippen LogP contribution in [0.2, 0.25) is 0 Å². The van der Waals surface area contributed by atoms with Gasteiger partial charge in [-0.15, -0.1) is 0 Å². The quantitative estimate of drug-likeness (QED) is 0.787. The molecule has 0 aliphatic carbocycles. The number of esters is 1. The third-order valence-corrected chi connectivity index (χ3v) is 2.24. The standard InChI is InChI=1S/C11H12N4O2/c1-17-11(16)9-5-8(12)6-15(9)7-10-13-3-2-4-14-10/h2-6H,7,12H2,1H3. The third-order valence-electron chi connectivity index (χ3n) is 2.24. The van der Waals surface area contributed by atoms with Gasteiger partial charge in [-0.2, -0.15) is 0 Å². The number of aromatic nitrogens is 3. The van der Waals surface area contributed by atoms with Crippen LogP contribution in [0.5, 0.6) is 0 Å². The summed E-state index contributed by atoms with van der Waals surface area (Å²) < 4.78 is 6.34. The SMILES string of the molecule is COC(=O)c1cc(N)cn1Cc1ncccn1. The molecule has 0 saturated carbocycles. The maximum atomic E-state index is 11.5. The highest BCUT2D eigenvalue weighted by atomic mass is 16.5. The Morgan fingerprint density at radius 1 is 1.47 bits per heavy atom. The minimum Gasteiger partial charge on any atom is -0.464 e. The summed E-state index contributed by atoms with van der Waals surface area (Å²) in [7, 11) is 1.33. The Balaban J connectivity index is 2.30. The molecule has 0 unspecified atom stereocenters. The molecule has 2 heterocycles. The zero-order valence-electron chi connectivity index (χ0n) is 9.33. The van der Waals surface area contributed by atoms with Gasteiger partial charge in [0, 0.05) is 18.6 Å². The lowest BCUT2D eigenvalue weighted by Crippen LogP contribution is -2.12. The van der Waals surface area contributed by atoms with Gasteiger partial charge in [-0.1, -0.05) is 0 Å². The predicted octanol–water partition coefficient (Wildman–Crippen LogP) is 0.695. The van der Waals surface area contributed by atoms with Crippen LogP contribution in [-0.4, -0.2) is 27.6 Å². The van der Waals surface area contributed by atoms with Crippen LogP contribution in [-0.2, 0) is 11.3 Å². The molecule has 0 fully saturated rings. The number of anilines is 1. The molecule has 2 aromatic heterocycles. The Morgan fingerprint density at radius 3 is 2.82 bits per heavy atom. The molecule has 6 heteroatoms. The van der Waals surface area contributed by atoms with E-state index in [2.05, 4.69) is 14.7 Å². The summed E-state index contributed by atoms with van der Waals surface area (Å²) in [6.45, 7) is 0.377. The molecule has 0 amide bonds. The van der Waals surface area contributed by atoms with E-state index >= 15 is 0 Å². The maximum Gasteiger partial charge on any atom is 0.354 e. The fourth-order valence-electron chi connectivity index (χ4n) is 1.50. The number of rotatable bonds is 3. The highest BCUT2D eigenvalue weighted by molar-refractivity contribution is 5.89. The number of carbonyl (C=O) groups excluding carboxylic acids is 1. The van der Waals surface area contributed by atoms with Crippen LogP contribution >= 0.6 is 0 Å². The zero-order chi connectivity index (χ0) is 12.3. The second-order valence-electron chi connectivity index (χ2n) is 3.44. The van der Waals surface area contributed by atoms with E-state index in [0.29, 0.717) is 23.8 Å². The lowest BCUT2D eigenvalue weighted by Gasteiger charge is -2.05. The van der Waals surface area contributed by atoms with Crippen LogP contribution in [0.15, 0.2) is 30.7 Å². The highest BCUT2D eigenvalue weighted by Crippen LogP contribution is 2.12. The van der Waals surface area contributed by atoms with Gasteiger partial charge in [-0.05, 0) is 12.1 Å². The molecule has 2 rings (SSSR count). The molecule has 0 atom stereocenters. The molecule has 17 heavy (non-hydrogen) atoms. The van der Waals surface area contributed by atoms with E-state index in [-0.39, 0.29) is 0 Å². The minimum absolute atomic E-state index is 0.377.